The van der Waals surface area contributed by atoms with Crippen LogP contribution in [-0.4, -0.2) is 31.1 Å². The number of rotatable bonds is 6. The third-order valence-corrected chi connectivity index (χ3v) is 6.47. The van der Waals surface area contributed by atoms with Crippen LogP contribution in [0.4, 0.5) is 0 Å². The molecule has 2 nitrogen and oxygen atoms in total. The smallest absolute Gasteiger partial charge is 0.0225 e. The Kier molecular flexibility index (Phi) is 4.16. The third kappa shape index (κ3) is 2.92. The molecule has 0 aliphatic heterocycles. The van der Waals surface area contributed by atoms with E-state index in [9.17, 15) is 0 Å². The van der Waals surface area contributed by atoms with Crippen molar-refractivity contribution in [2.75, 3.05) is 20.1 Å². The van der Waals surface area contributed by atoms with E-state index in [-0.39, 0.29) is 0 Å². The molecule has 4 bridgehead atoms. The average molecular weight is 278 g/mol. The van der Waals surface area contributed by atoms with Crippen molar-refractivity contribution < 1.29 is 0 Å². The van der Waals surface area contributed by atoms with E-state index in [1.54, 1.807) is 0 Å². The highest BCUT2D eigenvalue weighted by Crippen LogP contribution is 2.60. The molecule has 20 heavy (non-hydrogen) atoms. The fraction of sp³-hybridized carbons (Fsp3) is 1.00. The summed E-state index contributed by atoms with van der Waals surface area (Å²) >= 11 is 0. The van der Waals surface area contributed by atoms with Gasteiger partial charge in [-0.3, -0.25) is 0 Å². The van der Waals surface area contributed by atoms with Gasteiger partial charge in [-0.05, 0) is 87.6 Å². The first kappa shape index (κ1) is 14.8. The molecule has 2 N–H and O–H groups in total. The molecule has 4 aliphatic rings. The summed E-state index contributed by atoms with van der Waals surface area (Å²) in [4.78, 5) is 2.49. The molecule has 0 spiro atoms. The van der Waals surface area contributed by atoms with Gasteiger partial charge in [-0.1, -0.05) is 13.8 Å². The maximum atomic E-state index is 6.74. The highest BCUT2D eigenvalue weighted by atomic mass is 15.1. The fourth-order valence-corrected chi connectivity index (χ4v) is 5.73. The van der Waals surface area contributed by atoms with Gasteiger partial charge in [0.05, 0.1) is 0 Å². The molecule has 2 heteroatoms. The Bertz CT molecular complexity index is 301. The van der Waals surface area contributed by atoms with Crippen molar-refractivity contribution in [2.24, 2.45) is 34.8 Å². The number of likely N-dealkylation sites (N-methyl/N-ethyl adjacent to an activating group) is 1. The number of nitrogens with two attached hydrogens (primary N) is 1. The quantitative estimate of drug-likeness (QED) is 0.805. The van der Waals surface area contributed by atoms with Crippen LogP contribution in [0.2, 0.25) is 0 Å². The highest BCUT2D eigenvalue weighted by molar-refractivity contribution is 5.05. The van der Waals surface area contributed by atoms with E-state index in [4.69, 9.17) is 5.73 Å². The van der Waals surface area contributed by atoms with Crippen molar-refractivity contribution in [3.8, 4) is 0 Å². The number of nitrogens with zero attached hydrogens (tertiary/aromatic N) is 1. The first-order valence-electron chi connectivity index (χ1n) is 8.91. The second-order valence-corrected chi connectivity index (χ2v) is 8.83. The van der Waals surface area contributed by atoms with Gasteiger partial charge in [-0.25, -0.2) is 0 Å². The minimum Gasteiger partial charge on any atom is -0.326 e. The summed E-state index contributed by atoms with van der Waals surface area (Å²) < 4.78 is 0. The van der Waals surface area contributed by atoms with Crippen molar-refractivity contribution in [3.05, 3.63) is 0 Å². The van der Waals surface area contributed by atoms with Crippen LogP contribution in [0.3, 0.4) is 0 Å². The van der Waals surface area contributed by atoms with Gasteiger partial charge in [0.2, 0.25) is 0 Å². The molecule has 116 valence electrons. The molecule has 0 amide bonds. The second kappa shape index (κ2) is 5.61. The first-order valence-corrected chi connectivity index (χ1v) is 8.91. The van der Waals surface area contributed by atoms with E-state index in [1.165, 1.54) is 51.5 Å². The molecule has 0 aromatic rings. The van der Waals surface area contributed by atoms with Gasteiger partial charge < -0.3 is 10.6 Å². The second-order valence-electron chi connectivity index (χ2n) is 8.83. The Morgan fingerprint density at radius 3 is 2.00 bits per heavy atom. The Morgan fingerprint density at radius 2 is 1.55 bits per heavy atom. The van der Waals surface area contributed by atoms with E-state index in [0.29, 0.717) is 11.5 Å². The van der Waals surface area contributed by atoms with Crippen LogP contribution in [0, 0.1) is 29.1 Å². The first-order chi connectivity index (χ1) is 9.47. The predicted molar refractivity (Wildman–Crippen MR) is 85.5 cm³/mol. The molecular weight excluding hydrogens is 244 g/mol. The van der Waals surface area contributed by atoms with E-state index < -0.39 is 0 Å². The Balaban J connectivity index is 1.58. The number of hydrogen-bond donors (Lipinski definition) is 1. The zero-order valence-electron chi connectivity index (χ0n) is 13.8. The topological polar surface area (TPSA) is 29.3 Å². The van der Waals surface area contributed by atoms with E-state index in [1.807, 2.05) is 0 Å². The van der Waals surface area contributed by atoms with Gasteiger partial charge in [0.25, 0.3) is 0 Å². The molecule has 0 heterocycles. The molecular formula is C18H34N2. The van der Waals surface area contributed by atoms with Gasteiger partial charge in [0.1, 0.15) is 0 Å². The lowest BCUT2D eigenvalue weighted by molar-refractivity contribution is -0.0707. The van der Waals surface area contributed by atoms with Crippen LogP contribution >= 0.6 is 0 Å². The minimum atomic E-state index is 0.410. The van der Waals surface area contributed by atoms with Crippen molar-refractivity contribution >= 4 is 0 Å². The van der Waals surface area contributed by atoms with Crippen LogP contribution in [0.1, 0.15) is 58.8 Å². The van der Waals surface area contributed by atoms with Crippen LogP contribution in [0.5, 0.6) is 0 Å². The number of hydrogen-bond acceptors (Lipinski definition) is 2. The van der Waals surface area contributed by atoms with Gasteiger partial charge in [-0.2, -0.15) is 0 Å². The van der Waals surface area contributed by atoms with E-state index in [0.717, 1.165) is 30.2 Å². The van der Waals surface area contributed by atoms with Crippen molar-refractivity contribution in [1.29, 1.82) is 0 Å². The lowest BCUT2D eigenvalue weighted by atomic mass is 9.48. The van der Waals surface area contributed by atoms with E-state index >= 15 is 0 Å². The molecule has 0 radical (unpaired) electrons. The van der Waals surface area contributed by atoms with Crippen LogP contribution in [0.15, 0.2) is 0 Å². The van der Waals surface area contributed by atoms with Crippen molar-refractivity contribution in [1.82, 2.24) is 4.90 Å². The molecule has 4 rings (SSSR count). The maximum absolute atomic E-state index is 6.74. The average Bonchev–Trinajstić information content (AvgIpc) is 2.34. The molecule has 0 aromatic heterocycles. The zero-order chi connectivity index (χ0) is 14.3. The minimum absolute atomic E-state index is 0.410. The zero-order valence-corrected chi connectivity index (χ0v) is 13.8. The van der Waals surface area contributed by atoms with E-state index in [2.05, 4.69) is 25.8 Å². The summed E-state index contributed by atoms with van der Waals surface area (Å²) in [5.41, 5.74) is 7.25. The normalized spacial score (nSPS) is 40.8. The van der Waals surface area contributed by atoms with Gasteiger partial charge >= 0.3 is 0 Å². The molecule has 0 aromatic carbocycles. The summed E-state index contributed by atoms with van der Waals surface area (Å²) in [5.74, 6) is 3.86. The van der Waals surface area contributed by atoms with Gasteiger partial charge in [0, 0.05) is 12.6 Å². The Hall–Kier alpha value is -0.0800. The predicted octanol–water partition coefficient (Wildman–Crippen LogP) is 3.51. The third-order valence-electron chi connectivity index (χ3n) is 6.47. The molecule has 1 atom stereocenters. The van der Waals surface area contributed by atoms with Crippen molar-refractivity contribution in [2.45, 2.75) is 64.8 Å². The summed E-state index contributed by atoms with van der Waals surface area (Å²) in [7, 11) is 2.27. The Labute approximate surface area is 125 Å². The SMILES string of the molecule is CC(C)CCN(C)CC(N)C12CC3CC(CC(C3)C1)C2. The largest absolute Gasteiger partial charge is 0.326 e. The van der Waals surface area contributed by atoms with Gasteiger partial charge in [-0.15, -0.1) is 0 Å². The summed E-state index contributed by atoms with van der Waals surface area (Å²) in [6.07, 6.45) is 10.2. The monoisotopic (exact) mass is 278 g/mol. The summed E-state index contributed by atoms with van der Waals surface area (Å²) in [5, 5.41) is 0. The lowest BCUT2D eigenvalue weighted by Gasteiger charge is -2.59. The van der Waals surface area contributed by atoms with Crippen LogP contribution < -0.4 is 5.73 Å². The van der Waals surface area contributed by atoms with Crippen molar-refractivity contribution in [3.63, 3.8) is 0 Å². The van der Waals surface area contributed by atoms with Gasteiger partial charge in [0.15, 0.2) is 0 Å². The maximum Gasteiger partial charge on any atom is 0.0225 e. The molecule has 4 fully saturated rings. The van der Waals surface area contributed by atoms with Crippen LogP contribution in [-0.2, 0) is 0 Å². The lowest BCUT2D eigenvalue weighted by Crippen LogP contribution is -2.57. The standard InChI is InChI=1S/C18H34N2/c1-13(2)4-5-20(3)12-17(19)18-9-14-6-15(10-18)8-16(7-14)11-18/h13-17H,4-12,19H2,1-3H3. The fourth-order valence-electron chi connectivity index (χ4n) is 5.73. The highest BCUT2D eigenvalue weighted by Gasteiger charge is 2.53. The Morgan fingerprint density at radius 1 is 1.05 bits per heavy atom. The molecule has 4 saturated carbocycles. The molecule has 1 unspecified atom stereocenters. The van der Waals surface area contributed by atoms with Crippen LogP contribution in [0.25, 0.3) is 0 Å². The molecule has 4 aliphatic carbocycles. The molecule has 0 saturated heterocycles. The summed E-state index contributed by atoms with van der Waals surface area (Å²) in [6.45, 7) is 6.94. The summed E-state index contributed by atoms with van der Waals surface area (Å²) in [6, 6.07) is 0.410.